The second kappa shape index (κ2) is 3.97. The molecule has 2 nitrogen and oxygen atoms in total. The number of nitrogens with two attached hydrogens (primary N) is 1. The van der Waals surface area contributed by atoms with Crippen LogP contribution in [0.2, 0.25) is 0 Å². The van der Waals surface area contributed by atoms with Crippen molar-refractivity contribution in [1.29, 1.82) is 0 Å². The fraction of sp³-hybridized carbons (Fsp3) is 0.267. The van der Waals surface area contributed by atoms with Crippen molar-refractivity contribution < 1.29 is 0 Å². The van der Waals surface area contributed by atoms with Crippen LogP contribution in [0.25, 0.3) is 11.3 Å². The van der Waals surface area contributed by atoms with Gasteiger partial charge in [-0.2, -0.15) is 0 Å². The van der Waals surface area contributed by atoms with Gasteiger partial charge in [0, 0.05) is 17.8 Å². The zero-order chi connectivity index (χ0) is 11.8. The van der Waals surface area contributed by atoms with Gasteiger partial charge in [-0.25, -0.2) is 0 Å². The van der Waals surface area contributed by atoms with Gasteiger partial charge in [-0.15, -0.1) is 0 Å². The van der Waals surface area contributed by atoms with Crippen molar-refractivity contribution in [2.24, 2.45) is 5.73 Å². The van der Waals surface area contributed by atoms with Crippen molar-refractivity contribution in [3.05, 3.63) is 53.2 Å². The van der Waals surface area contributed by atoms with Crippen LogP contribution in [0, 0.1) is 6.92 Å². The number of rotatable bonds is 1. The quantitative estimate of drug-likeness (QED) is 0.808. The molecular formula is C15H16N2. The first-order chi connectivity index (χ1) is 8.22. The standard InChI is InChI=1S/C15H16N2/c1-10-2-4-11(5-3-10)15-8-12-6-14(16)7-13(12)9-17-15/h2-5,8-9,14H,6-7,16H2,1H3. The molecule has 86 valence electrons. The van der Waals surface area contributed by atoms with Crippen LogP contribution in [0.5, 0.6) is 0 Å². The number of hydrogen-bond donors (Lipinski definition) is 1. The molecule has 17 heavy (non-hydrogen) atoms. The minimum Gasteiger partial charge on any atom is -0.327 e. The summed E-state index contributed by atoms with van der Waals surface area (Å²) >= 11 is 0. The predicted octanol–water partition coefficient (Wildman–Crippen LogP) is 2.48. The second-order valence-electron chi connectivity index (χ2n) is 4.87. The third kappa shape index (κ3) is 1.96. The fourth-order valence-corrected chi connectivity index (χ4v) is 2.42. The molecular weight excluding hydrogens is 208 g/mol. The Bertz CT molecular complexity index is 543. The van der Waals surface area contributed by atoms with E-state index in [1.165, 1.54) is 22.3 Å². The minimum absolute atomic E-state index is 0.278. The van der Waals surface area contributed by atoms with Crippen LogP contribution in [0.4, 0.5) is 0 Å². The number of nitrogens with zero attached hydrogens (tertiary/aromatic N) is 1. The van der Waals surface area contributed by atoms with Crippen molar-refractivity contribution in [2.45, 2.75) is 25.8 Å². The number of hydrogen-bond acceptors (Lipinski definition) is 2. The van der Waals surface area contributed by atoms with Crippen molar-refractivity contribution >= 4 is 0 Å². The highest BCUT2D eigenvalue weighted by atomic mass is 14.7. The van der Waals surface area contributed by atoms with Gasteiger partial charge in [0.15, 0.2) is 0 Å². The van der Waals surface area contributed by atoms with E-state index in [0.29, 0.717) is 0 Å². The summed E-state index contributed by atoms with van der Waals surface area (Å²) in [7, 11) is 0. The smallest absolute Gasteiger partial charge is 0.0704 e. The molecule has 0 fully saturated rings. The number of aryl methyl sites for hydroxylation is 1. The average Bonchev–Trinajstić information content (AvgIpc) is 2.69. The van der Waals surface area contributed by atoms with Crippen LogP contribution in [0.3, 0.4) is 0 Å². The molecule has 2 heteroatoms. The van der Waals surface area contributed by atoms with E-state index in [1.54, 1.807) is 0 Å². The van der Waals surface area contributed by atoms with Crippen LogP contribution < -0.4 is 5.73 Å². The SMILES string of the molecule is Cc1ccc(-c2cc3c(cn2)CC(N)C3)cc1. The van der Waals surface area contributed by atoms with Crippen LogP contribution in [0.1, 0.15) is 16.7 Å². The fourth-order valence-electron chi connectivity index (χ4n) is 2.42. The Morgan fingerprint density at radius 2 is 1.82 bits per heavy atom. The summed E-state index contributed by atoms with van der Waals surface area (Å²) in [5, 5.41) is 0. The summed E-state index contributed by atoms with van der Waals surface area (Å²) in [5.74, 6) is 0. The zero-order valence-electron chi connectivity index (χ0n) is 9.98. The Morgan fingerprint density at radius 1 is 1.12 bits per heavy atom. The summed E-state index contributed by atoms with van der Waals surface area (Å²) in [6.45, 7) is 2.10. The van der Waals surface area contributed by atoms with E-state index in [-0.39, 0.29) is 6.04 Å². The van der Waals surface area contributed by atoms with E-state index < -0.39 is 0 Å². The van der Waals surface area contributed by atoms with Crippen LogP contribution in [0.15, 0.2) is 36.5 Å². The molecule has 2 N–H and O–H groups in total. The van der Waals surface area contributed by atoms with Gasteiger partial charge in [0.05, 0.1) is 5.69 Å². The Balaban J connectivity index is 2.00. The van der Waals surface area contributed by atoms with Gasteiger partial charge >= 0.3 is 0 Å². The normalized spacial score (nSPS) is 18.1. The summed E-state index contributed by atoms with van der Waals surface area (Å²) in [6, 6.07) is 11.0. The maximum atomic E-state index is 5.97. The number of aromatic nitrogens is 1. The second-order valence-corrected chi connectivity index (χ2v) is 4.87. The molecule has 1 unspecified atom stereocenters. The maximum absolute atomic E-state index is 5.97. The summed E-state index contributed by atoms with van der Waals surface area (Å²) in [6.07, 6.45) is 3.94. The molecule has 0 amide bonds. The molecule has 1 aromatic carbocycles. The summed E-state index contributed by atoms with van der Waals surface area (Å²) < 4.78 is 0. The molecule has 0 saturated heterocycles. The van der Waals surface area contributed by atoms with E-state index in [4.69, 9.17) is 5.73 Å². The lowest BCUT2D eigenvalue weighted by atomic mass is 10.1. The molecule has 2 aromatic rings. The van der Waals surface area contributed by atoms with E-state index in [9.17, 15) is 0 Å². The molecule has 0 saturated carbocycles. The van der Waals surface area contributed by atoms with Crippen molar-refractivity contribution in [3.63, 3.8) is 0 Å². The first-order valence-corrected chi connectivity index (χ1v) is 6.03. The highest BCUT2D eigenvalue weighted by Crippen LogP contribution is 2.25. The van der Waals surface area contributed by atoms with Crippen molar-refractivity contribution in [1.82, 2.24) is 4.98 Å². The molecule has 1 aliphatic rings. The molecule has 1 aromatic heterocycles. The third-order valence-corrected chi connectivity index (χ3v) is 3.39. The molecule has 1 atom stereocenters. The first kappa shape index (κ1) is 10.5. The Labute approximate surface area is 102 Å². The molecule has 3 rings (SSSR count). The van der Waals surface area contributed by atoms with Crippen LogP contribution in [-0.4, -0.2) is 11.0 Å². The minimum atomic E-state index is 0.278. The van der Waals surface area contributed by atoms with E-state index in [0.717, 1.165) is 18.5 Å². The molecule has 0 aliphatic heterocycles. The Hall–Kier alpha value is -1.67. The molecule has 1 heterocycles. The van der Waals surface area contributed by atoms with E-state index >= 15 is 0 Å². The van der Waals surface area contributed by atoms with Crippen molar-refractivity contribution in [3.8, 4) is 11.3 Å². The largest absolute Gasteiger partial charge is 0.327 e. The molecule has 0 bridgehead atoms. The van der Waals surface area contributed by atoms with Gasteiger partial charge in [-0.05, 0) is 37.0 Å². The van der Waals surface area contributed by atoms with Gasteiger partial charge in [0.2, 0.25) is 0 Å². The van der Waals surface area contributed by atoms with Crippen molar-refractivity contribution in [2.75, 3.05) is 0 Å². The van der Waals surface area contributed by atoms with Crippen LogP contribution in [-0.2, 0) is 12.8 Å². The van der Waals surface area contributed by atoms with Gasteiger partial charge in [-0.1, -0.05) is 29.8 Å². The zero-order valence-corrected chi connectivity index (χ0v) is 9.98. The lowest BCUT2D eigenvalue weighted by Crippen LogP contribution is -2.18. The summed E-state index contributed by atoms with van der Waals surface area (Å²) in [5.41, 5.74) is 12.2. The lowest BCUT2D eigenvalue weighted by molar-refractivity contribution is 0.721. The molecule has 0 spiro atoms. The van der Waals surface area contributed by atoms with E-state index in [1.807, 2.05) is 6.20 Å². The number of benzene rings is 1. The predicted molar refractivity (Wildman–Crippen MR) is 69.8 cm³/mol. The molecule has 0 radical (unpaired) electrons. The van der Waals surface area contributed by atoms with Gasteiger partial charge in [-0.3, -0.25) is 4.98 Å². The first-order valence-electron chi connectivity index (χ1n) is 6.03. The number of pyridine rings is 1. The maximum Gasteiger partial charge on any atom is 0.0704 e. The topological polar surface area (TPSA) is 38.9 Å². The summed E-state index contributed by atoms with van der Waals surface area (Å²) in [4.78, 5) is 4.53. The van der Waals surface area contributed by atoms with Gasteiger partial charge < -0.3 is 5.73 Å². The Kier molecular flexibility index (Phi) is 2.45. The average molecular weight is 224 g/mol. The van der Waals surface area contributed by atoms with E-state index in [2.05, 4.69) is 42.2 Å². The van der Waals surface area contributed by atoms with Gasteiger partial charge in [0.1, 0.15) is 0 Å². The highest BCUT2D eigenvalue weighted by molar-refractivity contribution is 5.61. The molecule has 1 aliphatic carbocycles. The monoisotopic (exact) mass is 224 g/mol. The van der Waals surface area contributed by atoms with Gasteiger partial charge in [0.25, 0.3) is 0 Å². The highest BCUT2D eigenvalue weighted by Gasteiger charge is 2.18. The Morgan fingerprint density at radius 3 is 2.59 bits per heavy atom. The van der Waals surface area contributed by atoms with Crippen LogP contribution >= 0.6 is 0 Å². The number of fused-ring (bicyclic) bond motifs is 1. The third-order valence-electron chi connectivity index (χ3n) is 3.39. The lowest BCUT2D eigenvalue weighted by Gasteiger charge is -2.04.